The maximum Gasteiger partial charge on any atom is 0.416 e. The van der Waals surface area contributed by atoms with E-state index in [-0.39, 0.29) is 5.56 Å². The molecule has 17 heavy (non-hydrogen) atoms. The first kappa shape index (κ1) is 13.3. The van der Waals surface area contributed by atoms with Gasteiger partial charge in [-0.1, -0.05) is 6.07 Å². The van der Waals surface area contributed by atoms with Gasteiger partial charge in [0, 0.05) is 11.3 Å². The number of aliphatic hydroxyl groups is 1. The van der Waals surface area contributed by atoms with Crippen molar-refractivity contribution in [2.24, 2.45) is 0 Å². The van der Waals surface area contributed by atoms with Gasteiger partial charge in [-0.2, -0.15) is 13.2 Å². The predicted octanol–water partition coefficient (Wildman–Crippen LogP) is 0.922. The summed E-state index contributed by atoms with van der Waals surface area (Å²) in [7, 11) is 0. The van der Waals surface area contributed by atoms with Crippen LogP contribution in [0.2, 0.25) is 0 Å². The minimum absolute atomic E-state index is 0.138. The minimum atomic E-state index is -4.75. The van der Waals surface area contributed by atoms with E-state index in [4.69, 9.17) is 10.8 Å². The summed E-state index contributed by atoms with van der Waals surface area (Å²) in [6, 6.07) is 5.78. The number of nitrogens with one attached hydrogen (secondary N) is 1. The van der Waals surface area contributed by atoms with Crippen molar-refractivity contribution in [3.8, 4) is 0 Å². The second-order valence-electron chi connectivity index (χ2n) is 3.39. The summed E-state index contributed by atoms with van der Waals surface area (Å²) >= 11 is 0. The number of benzene rings is 1. The number of anilines is 1. The van der Waals surface area contributed by atoms with Crippen LogP contribution in [0.5, 0.6) is 0 Å². The van der Waals surface area contributed by atoms with Crippen molar-refractivity contribution >= 4 is 11.6 Å². The van der Waals surface area contributed by atoms with Crippen LogP contribution in [-0.2, 0) is 0 Å². The van der Waals surface area contributed by atoms with Gasteiger partial charge in [-0.3, -0.25) is 4.79 Å². The standard InChI is InChI=1S/C10H11F3N2O2/c11-10(12,13)8(16)5-15-9(17)6-2-1-3-7(14)4-6/h1-4,8,16H,5,14H2,(H,15,17). The number of halogens is 3. The van der Waals surface area contributed by atoms with Crippen LogP contribution in [0.4, 0.5) is 18.9 Å². The lowest BCUT2D eigenvalue weighted by atomic mass is 10.2. The Kier molecular flexibility index (Phi) is 3.95. The van der Waals surface area contributed by atoms with Crippen LogP contribution in [-0.4, -0.2) is 29.8 Å². The lowest BCUT2D eigenvalue weighted by Gasteiger charge is -2.15. The Bertz CT molecular complexity index is 407. The highest BCUT2D eigenvalue weighted by molar-refractivity contribution is 5.94. The molecule has 0 heterocycles. The molecule has 7 heteroatoms. The zero-order valence-electron chi connectivity index (χ0n) is 8.66. The first-order valence-electron chi connectivity index (χ1n) is 4.69. The summed E-state index contributed by atoms with van der Waals surface area (Å²) < 4.78 is 35.8. The lowest BCUT2D eigenvalue weighted by molar-refractivity contribution is -0.201. The molecule has 1 aromatic rings. The summed E-state index contributed by atoms with van der Waals surface area (Å²) in [5.41, 5.74) is 5.88. The number of hydrogen-bond donors (Lipinski definition) is 3. The molecule has 0 aliphatic carbocycles. The highest BCUT2D eigenvalue weighted by Gasteiger charge is 2.38. The molecule has 4 N–H and O–H groups in total. The van der Waals surface area contributed by atoms with E-state index in [0.29, 0.717) is 5.69 Å². The Morgan fingerprint density at radius 3 is 2.65 bits per heavy atom. The van der Waals surface area contributed by atoms with Gasteiger partial charge in [-0.15, -0.1) is 0 Å². The third-order valence-corrected chi connectivity index (χ3v) is 1.98. The van der Waals surface area contributed by atoms with Crippen molar-refractivity contribution in [1.82, 2.24) is 5.32 Å². The summed E-state index contributed by atoms with van der Waals surface area (Å²) in [6.45, 7) is -0.892. The molecule has 0 radical (unpaired) electrons. The number of carbonyl (C=O) groups excluding carboxylic acids is 1. The van der Waals surface area contributed by atoms with Crippen molar-refractivity contribution in [2.75, 3.05) is 12.3 Å². The van der Waals surface area contributed by atoms with E-state index < -0.39 is 24.7 Å². The van der Waals surface area contributed by atoms with Crippen LogP contribution >= 0.6 is 0 Å². The van der Waals surface area contributed by atoms with E-state index in [1.165, 1.54) is 18.2 Å². The average molecular weight is 248 g/mol. The average Bonchev–Trinajstić information content (AvgIpc) is 2.24. The van der Waals surface area contributed by atoms with E-state index in [9.17, 15) is 18.0 Å². The van der Waals surface area contributed by atoms with Crippen molar-refractivity contribution in [2.45, 2.75) is 12.3 Å². The Morgan fingerprint density at radius 2 is 2.12 bits per heavy atom. The smallest absolute Gasteiger partial charge is 0.399 e. The molecule has 1 atom stereocenters. The number of nitrogen functional groups attached to an aromatic ring is 1. The fourth-order valence-corrected chi connectivity index (χ4v) is 1.09. The molecular weight excluding hydrogens is 237 g/mol. The van der Waals surface area contributed by atoms with Gasteiger partial charge in [0.25, 0.3) is 5.91 Å². The largest absolute Gasteiger partial charge is 0.416 e. The SMILES string of the molecule is Nc1cccc(C(=O)NCC(O)C(F)(F)F)c1. The molecule has 0 saturated heterocycles. The minimum Gasteiger partial charge on any atom is -0.399 e. The molecule has 94 valence electrons. The fraction of sp³-hybridized carbons (Fsp3) is 0.300. The van der Waals surface area contributed by atoms with Crippen molar-refractivity contribution < 1.29 is 23.1 Å². The lowest BCUT2D eigenvalue weighted by Crippen LogP contribution is -2.40. The first-order valence-corrected chi connectivity index (χ1v) is 4.69. The van der Waals surface area contributed by atoms with E-state index in [1.54, 1.807) is 6.07 Å². The monoisotopic (exact) mass is 248 g/mol. The van der Waals surface area contributed by atoms with Crippen LogP contribution < -0.4 is 11.1 Å². The molecule has 1 rings (SSSR count). The second kappa shape index (κ2) is 5.05. The van der Waals surface area contributed by atoms with Crippen LogP contribution in [0.15, 0.2) is 24.3 Å². The quantitative estimate of drug-likeness (QED) is 0.696. The number of amides is 1. The maximum atomic E-state index is 11.9. The van der Waals surface area contributed by atoms with Gasteiger partial charge < -0.3 is 16.2 Å². The Hall–Kier alpha value is -1.76. The fourth-order valence-electron chi connectivity index (χ4n) is 1.09. The van der Waals surface area contributed by atoms with Gasteiger partial charge in [0.1, 0.15) is 0 Å². The highest BCUT2D eigenvalue weighted by Crippen LogP contribution is 2.19. The molecule has 1 amide bonds. The second-order valence-corrected chi connectivity index (χ2v) is 3.39. The highest BCUT2D eigenvalue weighted by atomic mass is 19.4. The Labute approximate surface area is 95.2 Å². The van der Waals surface area contributed by atoms with Crippen molar-refractivity contribution in [3.05, 3.63) is 29.8 Å². The number of carbonyl (C=O) groups is 1. The normalized spacial score (nSPS) is 13.2. The van der Waals surface area contributed by atoms with Gasteiger partial charge in [-0.25, -0.2) is 0 Å². The number of nitrogens with two attached hydrogens (primary N) is 1. The van der Waals surface area contributed by atoms with Crippen molar-refractivity contribution in [3.63, 3.8) is 0 Å². The van der Waals surface area contributed by atoms with Gasteiger partial charge in [0.05, 0.1) is 6.54 Å². The number of aliphatic hydroxyl groups excluding tert-OH is 1. The first-order chi connectivity index (χ1) is 7.80. The zero-order chi connectivity index (χ0) is 13.1. The molecule has 0 fully saturated rings. The Balaban J connectivity index is 2.57. The maximum absolute atomic E-state index is 11.9. The zero-order valence-corrected chi connectivity index (χ0v) is 8.66. The summed E-state index contributed by atoms with van der Waals surface area (Å²) in [5, 5.41) is 10.6. The summed E-state index contributed by atoms with van der Waals surface area (Å²) in [4.78, 5) is 11.4. The molecule has 0 aliphatic rings. The number of alkyl halides is 3. The molecule has 4 nitrogen and oxygen atoms in total. The Morgan fingerprint density at radius 1 is 1.47 bits per heavy atom. The molecule has 1 unspecified atom stereocenters. The van der Waals surface area contributed by atoms with Crippen LogP contribution in [0, 0.1) is 0 Å². The molecule has 0 aliphatic heterocycles. The van der Waals surface area contributed by atoms with E-state index in [2.05, 4.69) is 0 Å². The predicted molar refractivity (Wildman–Crippen MR) is 55.2 cm³/mol. The molecule has 0 aromatic heterocycles. The van der Waals surface area contributed by atoms with Crippen molar-refractivity contribution in [1.29, 1.82) is 0 Å². The van der Waals surface area contributed by atoms with Crippen LogP contribution in [0.1, 0.15) is 10.4 Å². The van der Waals surface area contributed by atoms with Gasteiger partial charge in [0.2, 0.25) is 0 Å². The molecule has 0 bridgehead atoms. The number of hydrogen-bond acceptors (Lipinski definition) is 3. The van der Waals surface area contributed by atoms with E-state index in [0.717, 1.165) is 0 Å². The molecule has 0 spiro atoms. The summed E-state index contributed by atoms with van der Waals surface area (Å²) in [5.74, 6) is -0.722. The third kappa shape index (κ3) is 3.95. The number of rotatable bonds is 3. The molecule has 0 saturated carbocycles. The van der Waals surface area contributed by atoms with Crippen LogP contribution in [0.3, 0.4) is 0 Å². The van der Waals surface area contributed by atoms with E-state index in [1.807, 2.05) is 5.32 Å². The third-order valence-electron chi connectivity index (χ3n) is 1.98. The van der Waals surface area contributed by atoms with Gasteiger partial charge in [0.15, 0.2) is 6.10 Å². The molecular formula is C10H11F3N2O2. The van der Waals surface area contributed by atoms with Gasteiger partial charge >= 0.3 is 6.18 Å². The van der Waals surface area contributed by atoms with Crippen LogP contribution in [0.25, 0.3) is 0 Å². The molecule has 1 aromatic carbocycles. The van der Waals surface area contributed by atoms with E-state index >= 15 is 0 Å². The van der Waals surface area contributed by atoms with Gasteiger partial charge in [-0.05, 0) is 18.2 Å². The summed E-state index contributed by atoms with van der Waals surface area (Å²) in [6.07, 6.45) is -7.32. The topological polar surface area (TPSA) is 75.4 Å².